The molecule has 0 saturated heterocycles. The van der Waals surface area contributed by atoms with Crippen LogP contribution in [0.25, 0.3) is 0 Å². The van der Waals surface area contributed by atoms with Crippen LogP contribution >= 0.6 is 11.6 Å². The third-order valence-electron chi connectivity index (χ3n) is 3.85. The number of benzene rings is 1. The summed E-state index contributed by atoms with van der Waals surface area (Å²) >= 11 is 5.94. The monoisotopic (exact) mass is 370 g/mol. The molecule has 1 aromatic carbocycles. The molecule has 3 rings (SSSR count). The Bertz CT molecular complexity index is 1040. The molecule has 0 bridgehead atoms. The molecule has 0 aliphatic carbocycles. The van der Waals surface area contributed by atoms with Gasteiger partial charge in [0.1, 0.15) is 5.56 Å². The number of nitrogens with one attached hydrogen (secondary N) is 2. The molecule has 0 aliphatic heterocycles. The van der Waals surface area contributed by atoms with Gasteiger partial charge in [0, 0.05) is 30.7 Å². The fourth-order valence-electron chi connectivity index (χ4n) is 2.50. The maximum absolute atomic E-state index is 12.7. The Labute approximate surface area is 153 Å². The maximum atomic E-state index is 12.7. The van der Waals surface area contributed by atoms with Gasteiger partial charge in [-0.2, -0.15) is 0 Å². The van der Waals surface area contributed by atoms with E-state index in [1.807, 2.05) is 6.07 Å². The van der Waals surface area contributed by atoms with Crippen LogP contribution in [0.3, 0.4) is 0 Å². The van der Waals surface area contributed by atoms with E-state index < -0.39 is 23.2 Å². The third-order valence-corrected chi connectivity index (χ3v) is 4.10. The number of H-pyrrole nitrogens is 1. The van der Waals surface area contributed by atoms with Crippen LogP contribution in [0.4, 0.5) is 0 Å². The lowest BCUT2D eigenvalue weighted by atomic mass is 10.00. The Morgan fingerprint density at radius 1 is 1.19 bits per heavy atom. The average Bonchev–Trinajstić information content (AvgIpc) is 2.64. The summed E-state index contributed by atoms with van der Waals surface area (Å²) in [5, 5.41) is 3.38. The van der Waals surface area contributed by atoms with Gasteiger partial charge in [0.05, 0.1) is 6.04 Å². The van der Waals surface area contributed by atoms with Gasteiger partial charge >= 0.3 is 5.69 Å². The molecule has 0 fully saturated rings. The van der Waals surface area contributed by atoms with E-state index in [1.165, 1.54) is 13.2 Å². The van der Waals surface area contributed by atoms with Crippen molar-refractivity contribution in [1.82, 2.24) is 19.9 Å². The Kier molecular flexibility index (Phi) is 4.99. The predicted octanol–water partition coefficient (Wildman–Crippen LogP) is 1.64. The Balaban J connectivity index is 2.00. The number of aromatic amines is 1. The van der Waals surface area contributed by atoms with Gasteiger partial charge in [-0.15, -0.1) is 0 Å². The van der Waals surface area contributed by atoms with E-state index in [1.54, 1.807) is 42.7 Å². The van der Waals surface area contributed by atoms with Crippen LogP contribution in [0, 0.1) is 0 Å². The Morgan fingerprint density at radius 3 is 2.58 bits per heavy atom. The van der Waals surface area contributed by atoms with Crippen LogP contribution in [0.15, 0.2) is 64.6 Å². The van der Waals surface area contributed by atoms with Gasteiger partial charge in [0.25, 0.3) is 11.5 Å². The van der Waals surface area contributed by atoms with E-state index in [2.05, 4.69) is 15.3 Å². The zero-order valence-corrected chi connectivity index (χ0v) is 14.5. The number of aryl methyl sites for hydroxylation is 1. The smallest absolute Gasteiger partial charge is 0.328 e. The van der Waals surface area contributed by atoms with Gasteiger partial charge in [-0.25, -0.2) is 4.79 Å². The largest absolute Gasteiger partial charge is 0.341 e. The fourth-order valence-corrected chi connectivity index (χ4v) is 2.62. The molecule has 26 heavy (non-hydrogen) atoms. The quantitative estimate of drug-likeness (QED) is 0.729. The number of hydrogen-bond donors (Lipinski definition) is 2. The molecular formula is C18H15ClN4O3. The number of nitrogens with zero attached hydrogens (tertiary/aromatic N) is 2. The molecule has 0 radical (unpaired) electrons. The number of hydrogen-bond acceptors (Lipinski definition) is 4. The maximum Gasteiger partial charge on any atom is 0.328 e. The molecule has 2 heterocycles. The summed E-state index contributed by atoms with van der Waals surface area (Å²) in [5.41, 5.74) is 0.0241. The summed E-state index contributed by atoms with van der Waals surface area (Å²) in [7, 11) is 1.45. The van der Waals surface area contributed by atoms with Crippen LogP contribution in [-0.2, 0) is 7.05 Å². The minimum atomic E-state index is -0.744. The summed E-state index contributed by atoms with van der Waals surface area (Å²) in [5.74, 6) is -0.606. The molecule has 0 aliphatic rings. The van der Waals surface area contributed by atoms with Crippen molar-refractivity contribution in [1.29, 1.82) is 0 Å². The molecule has 0 unspecified atom stereocenters. The van der Waals surface area contributed by atoms with Crippen molar-refractivity contribution in [3.63, 3.8) is 0 Å². The standard InChI is InChI=1S/C18H15ClN4O3/c1-23-10-14(17(25)22-18(23)26)16(24)21-15(12-3-2-8-20-9-12)11-4-6-13(19)7-5-11/h2-10,15H,1H3,(H,21,24)(H,22,25,26)/t15-/m1/s1. The summed E-state index contributed by atoms with van der Waals surface area (Å²) in [6, 6.07) is 10.0. The second-order valence-corrected chi connectivity index (χ2v) is 6.09. The lowest BCUT2D eigenvalue weighted by Crippen LogP contribution is -2.37. The first-order valence-electron chi connectivity index (χ1n) is 7.72. The van der Waals surface area contributed by atoms with Gasteiger partial charge in [-0.05, 0) is 29.3 Å². The van der Waals surface area contributed by atoms with E-state index in [0.717, 1.165) is 15.7 Å². The van der Waals surface area contributed by atoms with Gasteiger partial charge in [0.15, 0.2) is 0 Å². The van der Waals surface area contributed by atoms with E-state index in [-0.39, 0.29) is 5.56 Å². The summed E-state index contributed by atoms with van der Waals surface area (Å²) < 4.78 is 1.14. The number of halogens is 1. The second-order valence-electron chi connectivity index (χ2n) is 5.66. The number of pyridine rings is 1. The molecule has 2 N–H and O–H groups in total. The highest BCUT2D eigenvalue weighted by Crippen LogP contribution is 2.23. The molecule has 1 atom stereocenters. The zero-order valence-electron chi connectivity index (χ0n) is 13.8. The van der Waals surface area contributed by atoms with Crippen molar-refractivity contribution in [2.24, 2.45) is 7.05 Å². The molecule has 3 aromatic rings. The molecule has 7 nitrogen and oxygen atoms in total. The van der Waals surface area contributed by atoms with Crippen molar-refractivity contribution < 1.29 is 4.79 Å². The molecule has 1 amide bonds. The number of aromatic nitrogens is 3. The highest BCUT2D eigenvalue weighted by Gasteiger charge is 2.20. The van der Waals surface area contributed by atoms with Crippen LogP contribution in [0.2, 0.25) is 5.02 Å². The van der Waals surface area contributed by atoms with E-state index in [4.69, 9.17) is 11.6 Å². The van der Waals surface area contributed by atoms with Crippen LogP contribution in [0.1, 0.15) is 27.5 Å². The van der Waals surface area contributed by atoms with Crippen molar-refractivity contribution >= 4 is 17.5 Å². The highest BCUT2D eigenvalue weighted by atomic mass is 35.5. The second kappa shape index (κ2) is 7.37. The SMILES string of the molecule is Cn1cc(C(=O)N[C@H](c2ccc(Cl)cc2)c2cccnc2)c(=O)[nH]c1=O. The Hall–Kier alpha value is -3.19. The number of amides is 1. The molecule has 132 valence electrons. The topological polar surface area (TPSA) is 96.8 Å². The van der Waals surface area contributed by atoms with Gasteiger partial charge in [-0.3, -0.25) is 19.6 Å². The van der Waals surface area contributed by atoms with Crippen molar-refractivity contribution in [3.8, 4) is 0 Å². The number of rotatable bonds is 4. The van der Waals surface area contributed by atoms with Crippen LogP contribution in [0.5, 0.6) is 0 Å². The van der Waals surface area contributed by atoms with Gasteiger partial charge in [0.2, 0.25) is 0 Å². The summed E-state index contributed by atoms with van der Waals surface area (Å²) in [4.78, 5) is 42.3. The minimum Gasteiger partial charge on any atom is -0.341 e. The van der Waals surface area contributed by atoms with Crippen LogP contribution in [-0.4, -0.2) is 20.4 Å². The first-order valence-corrected chi connectivity index (χ1v) is 8.09. The van der Waals surface area contributed by atoms with Crippen molar-refractivity contribution in [2.45, 2.75) is 6.04 Å². The zero-order chi connectivity index (χ0) is 18.7. The molecule has 2 aromatic heterocycles. The van der Waals surface area contributed by atoms with Gasteiger partial charge in [-0.1, -0.05) is 29.8 Å². The van der Waals surface area contributed by atoms with Crippen molar-refractivity contribution in [3.05, 3.63) is 97.5 Å². The Morgan fingerprint density at radius 2 is 1.92 bits per heavy atom. The normalized spacial score (nSPS) is 11.8. The lowest BCUT2D eigenvalue weighted by Gasteiger charge is -2.19. The first kappa shape index (κ1) is 17.6. The number of carbonyl (C=O) groups excluding carboxylic acids is 1. The third kappa shape index (κ3) is 3.73. The molecular weight excluding hydrogens is 356 g/mol. The summed E-state index contributed by atoms with van der Waals surface area (Å²) in [6.07, 6.45) is 4.46. The lowest BCUT2D eigenvalue weighted by molar-refractivity contribution is 0.0940. The molecule has 0 saturated carbocycles. The molecule has 0 spiro atoms. The predicted molar refractivity (Wildman–Crippen MR) is 97.3 cm³/mol. The molecule has 8 heteroatoms. The number of carbonyl (C=O) groups is 1. The minimum absolute atomic E-state index is 0.157. The van der Waals surface area contributed by atoms with E-state index >= 15 is 0 Å². The van der Waals surface area contributed by atoms with E-state index in [0.29, 0.717) is 5.02 Å². The average molecular weight is 371 g/mol. The highest BCUT2D eigenvalue weighted by molar-refractivity contribution is 6.30. The van der Waals surface area contributed by atoms with E-state index in [9.17, 15) is 14.4 Å². The summed E-state index contributed by atoms with van der Waals surface area (Å²) in [6.45, 7) is 0. The first-order chi connectivity index (χ1) is 12.5. The van der Waals surface area contributed by atoms with Crippen LogP contribution < -0.4 is 16.6 Å². The van der Waals surface area contributed by atoms with Gasteiger partial charge < -0.3 is 9.88 Å². The fraction of sp³-hybridized carbons (Fsp3) is 0.111. The van der Waals surface area contributed by atoms with Crippen molar-refractivity contribution in [2.75, 3.05) is 0 Å².